The van der Waals surface area contributed by atoms with Gasteiger partial charge in [0, 0.05) is 38.1 Å². The Hall–Kier alpha value is -2.65. The molecule has 2 heterocycles. The van der Waals surface area contributed by atoms with E-state index >= 15 is 0 Å². The monoisotopic (exact) mass is 348 g/mol. The number of hydrogen-bond acceptors (Lipinski definition) is 5. The number of fused-ring (bicyclic) bond motifs is 1. The summed E-state index contributed by atoms with van der Waals surface area (Å²) >= 11 is 0. The first-order chi connectivity index (χ1) is 11.9. The van der Waals surface area contributed by atoms with Crippen molar-refractivity contribution in [1.82, 2.24) is 20.9 Å². The Morgan fingerprint density at radius 1 is 1.52 bits per heavy atom. The van der Waals surface area contributed by atoms with Crippen LogP contribution in [0.1, 0.15) is 22.3 Å². The number of halogens is 2. The Morgan fingerprint density at radius 3 is 2.92 bits per heavy atom. The molecule has 0 saturated carbocycles. The van der Waals surface area contributed by atoms with Gasteiger partial charge in [-0.1, -0.05) is 0 Å². The molecule has 2 aromatic rings. The van der Waals surface area contributed by atoms with E-state index < -0.39 is 34.8 Å². The minimum Gasteiger partial charge on any atom is -0.347 e. The Balaban J connectivity index is 2.06. The first-order valence-corrected chi connectivity index (χ1v) is 7.64. The average molecular weight is 348 g/mol. The van der Waals surface area contributed by atoms with Gasteiger partial charge in [0.2, 0.25) is 5.43 Å². The summed E-state index contributed by atoms with van der Waals surface area (Å²) in [5.41, 5.74) is 5.46. The van der Waals surface area contributed by atoms with Crippen LogP contribution in [-0.2, 0) is 13.6 Å². The van der Waals surface area contributed by atoms with E-state index in [9.17, 15) is 18.4 Å². The number of carbonyl (C=O) groups excluding carboxylic acids is 1. The van der Waals surface area contributed by atoms with Crippen LogP contribution in [0.5, 0.6) is 0 Å². The van der Waals surface area contributed by atoms with Crippen LogP contribution in [0, 0.1) is 11.6 Å². The molecule has 1 radical (unpaired) electrons. The Morgan fingerprint density at radius 2 is 2.28 bits per heavy atom. The third-order valence-corrected chi connectivity index (χ3v) is 4.03. The van der Waals surface area contributed by atoms with Crippen molar-refractivity contribution in [2.45, 2.75) is 19.3 Å². The van der Waals surface area contributed by atoms with Crippen LogP contribution in [0.15, 0.2) is 22.1 Å². The SMILES string of the molecule is Cn1cc(C([NH])=O)c(=O)c2cc(F)c(CNC3N=CCCN3)c(F)c21. The summed E-state index contributed by atoms with van der Waals surface area (Å²) in [6.45, 7) is 0.582. The highest BCUT2D eigenvalue weighted by molar-refractivity contribution is 5.96. The number of hydrogen-bond donors (Lipinski definition) is 2. The molecule has 0 bridgehead atoms. The second kappa shape index (κ2) is 6.69. The lowest BCUT2D eigenvalue weighted by molar-refractivity contribution is 0.0990. The summed E-state index contributed by atoms with van der Waals surface area (Å²) in [4.78, 5) is 27.5. The molecule has 7 nitrogen and oxygen atoms in total. The molecule has 0 fully saturated rings. The highest BCUT2D eigenvalue weighted by Gasteiger charge is 2.21. The minimum atomic E-state index is -1.20. The fourth-order valence-corrected chi connectivity index (χ4v) is 2.79. The molecule has 1 unspecified atom stereocenters. The van der Waals surface area contributed by atoms with Gasteiger partial charge in [0.05, 0.1) is 10.9 Å². The van der Waals surface area contributed by atoms with Crippen molar-refractivity contribution in [2.75, 3.05) is 6.54 Å². The van der Waals surface area contributed by atoms with Crippen LogP contribution < -0.4 is 21.8 Å². The Labute approximate surface area is 141 Å². The van der Waals surface area contributed by atoms with E-state index in [-0.39, 0.29) is 23.0 Å². The summed E-state index contributed by atoms with van der Waals surface area (Å²) in [5, 5.41) is 5.66. The van der Waals surface area contributed by atoms with Crippen molar-refractivity contribution in [3.8, 4) is 0 Å². The second-order valence-electron chi connectivity index (χ2n) is 5.72. The number of rotatable bonds is 4. The molecule has 1 aliphatic heterocycles. The van der Waals surface area contributed by atoms with Gasteiger partial charge in [-0.25, -0.2) is 8.78 Å². The Bertz CT molecular complexity index is 938. The number of carbonyl (C=O) groups is 1. The van der Waals surface area contributed by atoms with Crippen molar-refractivity contribution < 1.29 is 13.6 Å². The van der Waals surface area contributed by atoms with Gasteiger partial charge in [-0.3, -0.25) is 30.9 Å². The highest BCUT2D eigenvalue weighted by Crippen LogP contribution is 2.22. The quantitative estimate of drug-likeness (QED) is 0.849. The van der Waals surface area contributed by atoms with E-state index in [1.54, 1.807) is 6.21 Å². The zero-order valence-corrected chi connectivity index (χ0v) is 13.4. The number of amides is 1. The van der Waals surface area contributed by atoms with Gasteiger partial charge in [0.25, 0.3) is 5.91 Å². The van der Waals surface area contributed by atoms with Gasteiger partial charge in [-0.05, 0) is 12.5 Å². The summed E-state index contributed by atoms with van der Waals surface area (Å²) in [6.07, 6.45) is 3.17. The van der Waals surface area contributed by atoms with Gasteiger partial charge >= 0.3 is 0 Å². The maximum absolute atomic E-state index is 14.8. The largest absolute Gasteiger partial charge is 0.347 e. The lowest BCUT2D eigenvalue weighted by atomic mass is 10.1. The molecule has 0 aliphatic carbocycles. The zero-order chi connectivity index (χ0) is 18.1. The maximum atomic E-state index is 14.8. The number of aromatic nitrogens is 1. The van der Waals surface area contributed by atoms with Crippen LogP contribution in [0.2, 0.25) is 0 Å². The van der Waals surface area contributed by atoms with E-state index in [0.29, 0.717) is 6.54 Å². The van der Waals surface area contributed by atoms with Crippen LogP contribution in [0.3, 0.4) is 0 Å². The molecule has 0 spiro atoms. The molecule has 131 valence electrons. The first kappa shape index (κ1) is 17.2. The predicted octanol–water partition coefficient (Wildman–Crippen LogP) is 0.677. The van der Waals surface area contributed by atoms with Crippen molar-refractivity contribution >= 4 is 23.0 Å². The van der Waals surface area contributed by atoms with Gasteiger partial charge in [0.1, 0.15) is 11.4 Å². The molecule has 9 heteroatoms. The molecule has 3 N–H and O–H groups in total. The topological polar surface area (TPSA) is 99.3 Å². The van der Waals surface area contributed by atoms with Crippen molar-refractivity contribution in [2.24, 2.45) is 12.0 Å². The smallest absolute Gasteiger partial charge is 0.275 e. The molecule has 1 amide bonds. The van der Waals surface area contributed by atoms with Crippen molar-refractivity contribution in [3.05, 3.63) is 45.2 Å². The van der Waals surface area contributed by atoms with Crippen LogP contribution in [0.25, 0.3) is 10.9 Å². The lowest BCUT2D eigenvalue weighted by Crippen LogP contribution is -2.43. The summed E-state index contributed by atoms with van der Waals surface area (Å²) in [7, 11) is 1.43. The van der Waals surface area contributed by atoms with E-state index in [1.165, 1.54) is 11.6 Å². The number of benzene rings is 1. The van der Waals surface area contributed by atoms with Gasteiger partial charge in [-0.2, -0.15) is 0 Å². The summed E-state index contributed by atoms with van der Waals surface area (Å²) in [5.74, 6) is -2.98. The number of pyridine rings is 1. The molecule has 0 saturated heterocycles. The average Bonchev–Trinajstić information content (AvgIpc) is 2.58. The fraction of sp³-hybridized carbons (Fsp3) is 0.312. The van der Waals surface area contributed by atoms with Crippen molar-refractivity contribution in [3.63, 3.8) is 0 Å². The number of aryl methyl sites for hydroxylation is 1. The molecule has 25 heavy (non-hydrogen) atoms. The van der Waals surface area contributed by atoms with Crippen molar-refractivity contribution in [1.29, 1.82) is 0 Å². The molecular formula is C16H16F2N5O2. The summed E-state index contributed by atoms with van der Waals surface area (Å²) in [6, 6.07) is 0.905. The number of nitrogens with zero attached hydrogens (tertiary/aromatic N) is 2. The normalized spacial score (nSPS) is 17.2. The van der Waals surface area contributed by atoms with Crippen LogP contribution in [0.4, 0.5) is 8.78 Å². The van der Waals surface area contributed by atoms with Crippen LogP contribution in [-0.4, -0.2) is 29.5 Å². The lowest BCUT2D eigenvalue weighted by Gasteiger charge is -2.20. The number of aliphatic imine (C=N–C) groups is 1. The third kappa shape index (κ3) is 3.15. The van der Waals surface area contributed by atoms with Crippen LogP contribution >= 0.6 is 0 Å². The standard InChI is InChI=1S/C16H16F2N5O2/c1-23-7-10(15(19)25)14(24)8-5-11(17)9(12(18)13(8)23)6-22-16-20-3-2-4-21-16/h3,5,7,16,19,21-22H,2,4,6H2,1H3. The molecular weight excluding hydrogens is 332 g/mol. The third-order valence-electron chi connectivity index (χ3n) is 4.03. The zero-order valence-electron chi connectivity index (χ0n) is 13.4. The van der Waals surface area contributed by atoms with E-state index in [4.69, 9.17) is 5.73 Å². The Kier molecular flexibility index (Phi) is 4.60. The minimum absolute atomic E-state index is 0.117. The maximum Gasteiger partial charge on any atom is 0.275 e. The first-order valence-electron chi connectivity index (χ1n) is 7.64. The molecule has 1 aromatic heterocycles. The van der Waals surface area contributed by atoms with Gasteiger partial charge < -0.3 is 4.57 Å². The fourth-order valence-electron chi connectivity index (χ4n) is 2.79. The van der Waals surface area contributed by atoms with E-state index in [0.717, 1.165) is 18.7 Å². The number of nitrogens with one attached hydrogen (secondary N) is 3. The molecule has 1 atom stereocenters. The summed E-state index contributed by atoms with van der Waals surface area (Å²) < 4.78 is 30.4. The molecule has 1 aliphatic rings. The van der Waals surface area contributed by atoms with Gasteiger partial charge in [0.15, 0.2) is 12.1 Å². The predicted molar refractivity (Wildman–Crippen MR) is 88.3 cm³/mol. The van der Waals surface area contributed by atoms with Gasteiger partial charge in [-0.15, -0.1) is 0 Å². The van der Waals surface area contributed by atoms with E-state index in [1.807, 2.05) is 0 Å². The van der Waals surface area contributed by atoms with E-state index in [2.05, 4.69) is 15.6 Å². The second-order valence-corrected chi connectivity index (χ2v) is 5.72. The highest BCUT2D eigenvalue weighted by atomic mass is 19.1. The molecule has 1 aromatic carbocycles. The molecule has 3 rings (SSSR count).